The smallest absolute Gasteiger partial charge is 0.407 e. The normalized spacial score (nSPS) is 14.0. The van der Waals surface area contributed by atoms with Crippen molar-refractivity contribution in [1.29, 1.82) is 0 Å². The van der Waals surface area contributed by atoms with Gasteiger partial charge in [0.05, 0.1) is 12.5 Å². The second-order valence-corrected chi connectivity index (χ2v) is 9.13. The molecule has 2 N–H and O–H groups in total. The van der Waals surface area contributed by atoms with Crippen LogP contribution in [0.1, 0.15) is 24.9 Å². The van der Waals surface area contributed by atoms with Gasteiger partial charge in [0.1, 0.15) is 6.10 Å². The third kappa shape index (κ3) is 7.29. The van der Waals surface area contributed by atoms with Crippen molar-refractivity contribution in [1.82, 2.24) is 5.32 Å². The van der Waals surface area contributed by atoms with Crippen LogP contribution in [0, 0.1) is 0 Å². The Morgan fingerprint density at radius 1 is 1.13 bits per heavy atom. The number of amides is 1. The van der Waals surface area contributed by atoms with Gasteiger partial charge in [-0.15, -0.1) is 11.8 Å². The molecule has 0 saturated carbocycles. The molecule has 7 nitrogen and oxygen atoms in total. The topological polar surface area (TPSA) is 94.1 Å². The summed E-state index contributed by atoms with van der Waals surface area (Å²) in [4.78, 5) is 25.1. The minimum absolute atomic E-state index is 0.119. The fourth-order valence-corrected chi connectivity index (χ4v) is 4.70. The van der Waals surface area contributed by atoms with Crippen LogP contribution in [0.5, 0.6) is 11.5 Å². The van der Waals surface area contributed by atoms with Gasteiger partial charge in [-0.3, -0.25) is 4.79 Å². The molecule has 0 fully saturated rings. The molecule has 2 aromatic carbocycles. The third-order valence-corrected chi connectivity index (χ3v) is 6.59. The van der Waals surface area contributed by atoms with Gasteiger partial charge in [0.25, 0.3) is 0 Å². The van der Waals surface area contributed by atoms with E-state index in [-0.39, 0.29) is 19.3 Å². The average Bonchev–Trinajstić information content (AvgIpc) is 3.23. The summed E-state index contributed by atoms with van der Waals surface area (Å²) >= 11 is 3.31. The van der Waals surface area contributed by atoms with E-state index in [0.717, 1.165) is 10.6 Å². The van der Waals surface area contributed by atoms with Gasteiger partial charge in [0, 0.05) is 16.4 Å². The molecule has 9 heteroatoms. The minimum atomic E-state index is -1.03. The van der Waals surface area contributed by atoms with Gasteiger partial charge >= 0.3 is 12.1 Å². The lowest BCUT2D eigenvalue weighted by Gasteiger charge is -2.21. The molecule has 166 valence electrons. The highest BCUT2D eigenvalue weighted by Crippen LogP contribution is 2.35. The van der Waals surface area contributed by atoms with Crippen LogP contribution in [-0.4, -0.2) is 47.3 Å². The number of nitrogens with one attached hydrogen (secondary N) is 1. The van der Waals surface area contributed by atoms with Gasteiger partial charge in [0.2, 0.25) is 6.79 Å². The number of carbonyl (C=O) groups excluding carboxylic acids is 1. The molecule has 1 amide bonds. The van der Waals surface area contributed by atoms with Crippen LogP contribution in [0.3, 0.4) is 0 Å². The summed E-state index contributed by atoms with van der Waals surface area (Å²) in [5.41, 5.74) is 0.613. The molecule has 0 unspecified atom stereocenters. The van der Waals surface area contributed by atoms with Crippen LogP contribution in [0.25, 0.3) is 0 Å². The summed E-state index contributed by atoms with van der Waals surface area (Å²) in [5.74, 6) is 2.28. The average molecular weight is 464 g/mol. The largest absolute Gasteiger partial charge is 0.481 e. The number of aliphatic carboxylic acids is 1. The van der Waals surface area contributed by atoms with E-state index in [1.54, 1.807) is 41.7 Å². The Labute approximate surface area is 189 Å². The monoisotopic (exact) mass is 463 g/mol. The van der Waals surface area contributed by atoms with E-state index in [0.29, 0.717) is 28.6 Å². The predicted octanol–water partition coefficient (Wildman–Crippen LogP) is 4.57. The quantitative estimate of drug-likeness (QED) is 0.468. The molecule has 0 spiro atoms. The number of thioether (sulfide) groups is 2. The van der Waals surface area contributed by atoms with Gasteiger partial charge in [0.15, 0.2) is 11.5 Å². The second kappa shape index (κ2) is 11.8. The van der Waals surface area contributed by atoms with E-state index in [1.165, 1.54) is 0 Å². The van der Waals surface area contributed by atoms with Crippen LogP contribution in [-0.2, 0) is 9.53 Å². The molecule has 0 radical (unpaired) electrons. The number of ether oxygens (including phenoxy) is 3. The lowest BCUT2D eigenvalue weighted by atomic mass is 10.0. The Kier molecular flexibility index (Phi) is 8.78. The summed E-state index contributed by atoms with van der Waals surface area (Å²) in [6.07, 6.45) is -1.22. The molecular weight excluding hydrogens is 438 g/mol. The number of hydrogen-bond acceptors (Lipinski definition) is 7. The lowest BCUT2D eigenvalue weighted by molar-refractivity contribution is -0.137. The van der Waals surface area contributed by atoms with Gasteiger partial charge in [-0.05, 0) is 35.6 Å². The maximum Gasteiger partial charge on any atom is 0.407 e. The number of alkyl carbamates (subject to hydrolysis) is 1. The van der Waals surface area contributed by atoms with Crippen molar-refractivity contribution in [2.45, 2.75) is 30.4 Å². The van der Waals surface area contributed by atoms with Gasteiger partial charge in [-0.2, -0.15) is 11.8 Å². The van der Waals surface area contributed by atoms with E-state index >= 15 is 0 Å². The molecule has 0 bridgehead atoms. The first-order valence-corrected chi connectivity index (χ1v) is 12.0. The fraction of sp³-hybridized carbons (Fsp3) is 0.364. The molecule has 2 atom stereocenters. The van der Waals surface area contributed by atoms with Crippen LogP contribution < -0.4 is 14.8 Å². The van der Waals surface area contributed by atoms with Crippen molar-refractivity contribution < 1.29 is 28.9 Å². The van der Waals surface area contributed by atoms with Gasteiger partial charge < -0.3 is 24.6 Å². The first kappa shape index (κ1) is 23.1. The van der Waals surface area contributed by atoms with Crippen LogP contribution >= 0.6 is 23.5 Å². The van der Waals surface area contributed by atoms with Crippen LogP contribution in [0.4, 0.5) is 4.79 Å². The van der Waals surface area contributed by atoms with Crippen molar-refractivity contribution in [3.8, 4) is 11.5 Å². The van der Waals surface area contributed by atoms with Crippen molar-refractivity contribution in [3.05, 3.63) is 54.1 Å². The molecule has 3 rings (SSSR count). The first-order chi connectivity index (χ1) is 15.0. The zero-order chi connectivity index (χ0) is 22.1. The highest BCUT2D eigenvalue weighted by molar-refractivity contribution is 8.00. The standard InChI is InChI=1S/C22H25NO6S2/c1-2-30-12-16(13-31-17-6-4-3-5-7-17)29-22(26)23-18(11-21(24)25)15-8-9-19-20(10-15)28-14-27-19/h3-10,16,18H,2,11-14H2,1H3,(H,23,26)(H,24,25)/t16-,18-/m0/s1. The highest BCUT2D eigenvalue weighted by atomic mass is 32.2. The Morgan fingerprint density at radius 3 is 2.65 bits per heavy atom. The number of fused-ring (bicyclic) bond motifs is 1. The summed E-state index contributed by atoms with van der Waals surface area (Å²) in [5, 5.41) is 12.0. The van der Waals surface area contributed by atoms with E-state index < -0.39 is 18.1 Å². The Balaban J connectivity index is 1.63. The molecule has 0 saturated heterocycles. The molecule has 0 aliphatic carbocycles. The van der Waals surface area contributed by atoms with Crippen LogP contribution in [0.15, 0.2) is 53.4 Å². The number of carboxylic acid groups (broad SMARTS) is 1. The zero-order valence-corrected chi connectivity index (χ0v) is 18.7. The van der Waals surface area contributed by atoms with Crippen molar-refractivity contribution >= 4 is 35.6 Å². The summed E-state index contributed by atoms with van der Waals surface area (Å²) < 4.78 is 16.3. The van der Waals surface area contributed by atoms with E-state index in [2.05, 4.69) is 12.2 Å². The Bertz CT molecular complexity index is 880. The maximum absolute atomic E-state index is 12.6. The Hall–Kier alpha value is -2.52. The molecular formula is C22H25NO6S2. The molecule has 0 aromatic heterocycles. The number of hydrogen-bond donors (Lipinski definition) is 2. The maximum atomic E-state index is 12.6. The number of rotatable bonds is 11. The molecule has 2 aromatic rings. The first-order valence-electron chi connectivity index (χ1n) is 9.89. The summed E-state index contributed by atoms with van der Waals surface area (Å²) in [6.45, 7) is 2.17. The van der Waals surface area contributed by atoms with E-state index in [4.69, 9.17) is 14.2 Å². The fourth-order valence-electron chi connectivity index (χ4n) is 2.96. The second-order valence-electron chi connectivity index (χ2n) is 6.72. The van der Waals surface area contributed by atoms with Crippen molar-refractivity contribution in [3.63, 3.8) is 0 Å². The molecule has 1 aliphatic heterocycles. The summed E-state index contributed by atoms with van der Waals surface area (Å²) in [6, 6.07) is 14.3. The zero-order valence-electron chi connectivity index (χ0n) is 17.1. The minimum Gasteiger partial charge on any atom is -0.481 e. The van der Waals surface area contributed by atoms with E-state index in [9.17, 15) is 14.7 Å². The molecule has 31 heavy (non-hydrogen) atoms. The van der Waals surface area contributed by atoms with Crippen molar-refractivity contribution in [2.24, 2.45) is 0 Å². The lowest BCUT2D eigenvalue weighted by Crippen LogP contribution is -2.35. The summed E-state index contributed by atoms with van der Waals surface area (Å²) in [7, 11) is 0. The van der Waals surface area contributed by atoms with Gasteiger partial charge in [-0.25, -0.2) is 4.79 Å². The van der Waals surface area contributed by atoms with Gasteiger partial charge in [-0.1, -0.05) is 31.2 Å². The molecule has 1 aliphatic rings. The van der Waals surface area contributed by atoms with Crippen LogP contribution in [0.2, 0.25) is 0 Å². The predicted molar refractivity (Wildman–Crippen MR) is 121 cm³/mol. The molecule has 1 heterocycles. The highest BCUT2D eigenvalue weighted by Gasteiger charge is 2.24. The number of benzene rings is 2. The Morgan fingerprint density at radius 2 is 1.90 bits per heavy atom. The number of carbonyl (C=O) groups is 2. The number of carboxylic acids is 1. The third-order valence-electron chi connectivity index (χ3n) is 4.43. The SMILES string of the molecule is CCSC[C@@H](CSc1ccccc1)OC(=O)N[C@@H](CC(=O)O)c1ccc2c(c1)OCO2. The van der Waals surface area contributed by atoms with Crippen molar-refractivity contribution in [2.75, 3.05) is 24.1 Å². The van der Waals surface area contributed by atoms with E-state index in [1.807, 2.05) is 30.3 Å².